The van der Waals surface area contributed by atoms with Gasteiger partial charge in [-0.05, 0) is 27.7 Å². The van der Waals surface area contributed by atoms with Crippen molar-refractivity contribution in [2.24, 2.45) is 0 Å². The number of nitrogens with one attached hydrogen (secondary N) is 1. The average Bonchev–Trinajstić information content (AvgIpc) is 2.19. The molecule has 17 heavy (non-hydrogen) atoms. The van der Waals surface area contributed by atoms with E-state index in [0.29, 0.717) is 19.1 Å². The first-order valence-corrected chi connectivity index (χ1v) is 6.21. The molecule has 1 N–H and O–H groups in total. The predicted molar refractivity (Wildman–Crippen MR) is 66.6 cm³/mol. The summed E-state index contributed by atoms with van der Waals surface area (Å²) in [7, 11) is 0. The highest BCUT2D eigenvalue weighted by Gasteiger charge is 2.26. The Morgan fingerprint density at radius 1 is 1.29 bits per heavy atom. The smallest absolute Gasteiger partial charge is 0.239 e. The van der Waals surface area contributed by atoms with Gasteiger partial charge in [-0.3, -0.25) is 14.5 Å². The Labute approximate surface area is 103 Å². The van der Waals surface area contributed by atoms with Crippen LogP contribution in [0.2, 0.25) is 0 Å². The molecule has 0 spiro atoms. The van der Waals surface area contributed by atoms with E-state index in [-0.39, 0.29) is 24.4 Å². The molecule has 1 fully saturated rings. The van der Waals surface area contributed by atoms with Gasteiger partial charge in [0.2, 0.25) is 11.8 Å². The molecular formula is C12H23N3O2. The van der Waals surface area contributed by atoms with Crippen LogP contribution in [-0.4, -0.2) is 59.9 Å². The Morgan fingerprint density at radius 2 is 1.94 bits per heavy atom. The van der Waals surface area contributed by atoms with Gasteiger partial charge < -0.3 is 10.2 Å². The van der Waals surface area contributed by atoms with Gasteiger partial charge in [0.25, 0.3) is 0 Å². The van der Waals surface area contributed by atoms with Crippen LogP contribution in [0.25, 0.3) is 0 Å². The summed E-state index contributed by atoms with van der Waals surface area (Å²) in [5.74, 6) is -0.0322. The first-order valence-electron chi connectivity index (χ1n) is 6.21. The van der Waals surface area contributed by atoms with Gasteiger partial charge in [-0.1, -0.05) is 0 Å². The summed E-state index contributed by atoms with van der Waals surface area (Å²) in [6.45, 7) is 10.1. The first kappa shape index (κ1) is 14.0. The van der Waals surface area contributed by atoms with Crippen molar-refractivity contribution in [2.75, 3.05) is 26.2 Å². The largest absolute Gasteiger partial charge is 0.352 e. The second-order valence-corrected chi connectivity index (χ2v) is 5.10. The summed E-state index contributed by atoms with van der Waals surface area (Å²) < 4.78 is 0. The Balaban J connectivity index is 2.42. The van der Waals surface area contributed by atoms with Crippen LogP contribution in [0.5, 0.6) is 0 Å². The second-order valence-electron chi connectivity index (χ2n) is 5.10. The maximum absolute atomic E-state index is 11.8. The fourth-order valence-corrected chi connectivity index (χ4v) is 1.88. The van der Waals surface area contributed by atoms with Crippen molar-refractivity contribution >= 4 is 11.8 Å². The normalized spacial score (nSPS) is 18.0. The average molecular weight is 241 g/mol. The SMILES string of the molecule is CC(C)NC(=O)CN1CCN(C(C)C)CC1=O. The van der Waals surface area contributed by atoms with Gasteiger partial charge in [0.05, 0.1) is 13.1 Å². The summed E-state index contributed by atoms with van der Waals surface area (Å²) in [5.41, 5.74) is 0. The van der Waals surface area contributed by atoms with Crippen LogP contribution < -0.4 is 5.32 Å². The molecular weight excluding hydrogens is 218 g/mol. The number of amides is 2. The van der Waals surface area contributed by atoms with Crippen molar-refractivity contribution < 1.29 is 9.59 Å². The van der Waals surface area contributed by atoms with Crippen LogP contribution in [0.15, 0.2) is 0 Å². The molecule has 2 amide bonds. The van der Waals surface area contributed by atoms with Crippen molar-refractivity contribution in [1.29, 1.82) is 0 Å². The second kappa shape index (κ2) is 6.00. The summed E-state index contributed by atoms with van der Waals surface area (Å²) in [6.07, 6.45) is 0. The number of hydrogen-bond acceptors (Lipinski definition) is 3. The van der Waals surface area contributed by atoms with E-state index in [1.54, 1.807) is 4.90 Å². The lowest BCUT2D eigenvalue weighted by molar-refractivity contribution is -0.140. The number of carbonyl (C=O) groups excluding carboxylic acids is 2. The molecule has 0 aliphatic carbocycles. The monoisotopic (exact) mass is 241 g/mol. The summed E-state index contributed by atoms with van der Waals surface area (Å²) in [4.78, 5) is 27.2. The summed E-state index contributed by atoms with van der Waals surface area (Å²) in [6, 6.07) is 0.500. The topological polar surface area (TPSA) is 52.7 Å². The predicted octanol–water partition coefficient (Wildman–Crippen LogP) is 0.0636. The lowest BCUT2D eigenvalue weighted by atomic mass is 10.2. The van der Waals surface area contributed by atoms with Crippen LogP contribution in [0, 0.1) is 0 Å². The van der Waals surface area contributed by atoms with Crippen molar-refractivity contribution in [1.82, 2.24) is 15.1 Å². The Hall–Kier alpha value is -1.10. The molecule has 0 aromatic carbocycles. The van der Waals surface area contributed by atoms with E-state index >= 15 is 0 Å². The molecule has 5 heteroatoms. The Bertz CT molecular complexity index is 289. The minimum Gasteiger partial charge on any atom is -0.352 e. The Morgan fingerprint density at radius 3 is 2.41 bits per heavy atom. The maximum atomic E-state index is 11.8. The van der Waals surface area contributed by atoms with Gasteiger partial charge >= 0.3 is 0 Å². The van der Waals surface area contributed by atoms with Crippen molar-refractivity contribution in [3.8, 4) is 0 Å². The highest BCUT2D eigenvalue weighted by atomic mass is 16.2. The third-order valence-corrected chi connectivity index (χ3v) is 2.86. The van der Waals surface area contributed by atoms with Crippen LogP contribution in [0.3, 0.4) is 0 Å². The minimum absolute atomic E-state index is 0.0452. The van der Waals surface area contributed by atoms with Crippen LogP contribution in [0.4, 0.5) is 0 Å². The third-order valence-electron chi connectivity index (χ3n) is 2.86. The maximum Gasteiger partial charge on any atom is 0.239 e. The first-order chi connectivity index (χ1) is 7.90. The van der Waals surface area contributed by atoms with Gasteiger partial charge in [0.1, 0.15) is 0 Å². The van der Waals surface area contributed by atoms with Gasteiger partial charge in [-0.15, -0.1) is 0 Å². The van der Waals surface area contributed by atoms with E-state index in [2.05, 4.69) is 24.1 Å². The fraction of sp³-hybridized carbons (Fsp3) is 0.833. The number of nitrogens with zero attached hydrogens (tertiary/aromatic N) is 2. The van der Waals surface area contributed by atoms with Crippen LogP contribution >= 0.6 is 0 Å². The van der Waals surface area contributed by atoms with E-state index < -0.39 is 0 Å². The van der Waals surface area contributed by atoms with Crippen molar-refractivity contribution in [3.05, 3.63) is 0 Å². The van der Waals surface area contributed by atoms with E-state index in [9.17, 15) is 9.59 Å². The van der Waals surface area contributed by atoms with Gasteiger partial charge in [0, 0.05) is 25.2 Å². The number of piperazine rings is 1. The van der Waals surface area contributed by atoms with Gasteiger partial charge in [0.15, 0.2) is 0 Å². The van der Waals surface area contributed by atoms with Crippen molar-refractivity contribution in [3.63, 3.8) is 0 Å². The molecule has 0 aromatic heterocycles. The molecule has 1 rings (SSSR count). The number of hydrogen-bond donors (Lipinski definition) is 1. The lowest BCUT2D eigenvalue weighted by Crippen LogP contribution is -2.54. The van der Waals surface area contributed by atoms with Crippen LogP contribution in [0.1, 0.15) is 27.7 Å². The fourth-order valence-electron chi connectivity index (χ4n) is 1.88. The summed E-state index contributed by atoms with van der Waals surface area (Å²) in [5, 5.41) is 2.80. The Kier molecular flexibility index (Phi) is 4.93. The van der Waals surface area contributed by atoms with Crippen LogP contribution in [-0.2, 0) is 9.59 Å². The zero-order valence-electron chi connectivity index (χ0n) is 11.2. The van der Waals surface area contributed by atoms with E-state index in [0.717, 1.165) is 6.54 Å². The zero-order valence-corrected chi connectivity index (χ0v) is 11.2. The van der Waals surface area contributed by atoms with Gasteiger partial charge in [-0.2, -0.15) is 0 Å². The molecule has 0 bridgehead atoms. The molecule has 1 aliphatic heterocycles. The quantitative estimate of drug-likeness (QED) is 0.757. The molecule has 1 aliphatic rings. The molecule has 0 unspecified atom stereocenters. The van der Waals surface area contributed by atoms with E-state index in [4.69, 9.17) is 0 Å². The zero-order chi connectivity index (χ0) is 13.0. The highest BCUT2D eigenvalue weighted by molar-refractivity contribution is 5.86. The highest BCUT2D eigenvalue weighted by Crippen LogP contribution is 2.06. The van der Waals surface area contributed by atoms with Crippen molar-refractivity contribution in [2.45, 2.75) is 39.8 Å². The molecule has 5 nitrogen and oxygen atoms in total. The van der Waals surface area contributed by atoms with E-state index in [1.807, 2.05) is 13.8 Å². The molecule has 0 atom stereocenters. The lowest BCUT2D eigenvalue weighted by Gasteiger charge is -2.36. The molecule has 1 saturated heterocycles. The number of rotatable bonds is 4. The molecule has 0 radical (unpaired) electrons. The third kappa shape index (κ3) is 4.34. The molecule has 1 heterocycles. The van der Waals surface area contributed by atoms with E-state index in [1.165, 1.54) is 0 Å². The number of carbonyl (C=O) groups is 2. The minimum atomic E-state index is -0.0775. The summed E-state index contributed by atoms with van der Waals surface area (Å²) >= 11 is 0. The molecule has 98 valence electrons. The standard InChI is InChI=1S/C12H23N3O2/c1-9(2)13-11(16)7-15-6-5-14(10(3)4)8-12(15)17/h9-10H,5-8H2,1-4H3,(H,13,16). The molecule has 0 saturated carbocycles. The molecule has 0 aromatic rings. The van der Waals surface area contributed by atoms with Gasteiger partial charge in [-0.25, -0.2) is 0 Å².